The number of aliphatic carboxylic acids is 1. The number of carboxylic acid groups (broad SMARTS) is 1. The number of aliphatic hydroxyl groups excluding tert-OH is 1. The van der Waals surface area contributed by atoms with E-state index in [1.54, 1.807) is 6.92 Å². The third-order valence-electron chi connectivity index (χ3n) is 0.659. The van der Waals surface area contributed by atoms with Crippen LogP contribution in [0.2, 0.25) is 0 Å². The first-order valence-corrected chi connectivity index (χ1v) is 2.97. The molecule has 0 heterocycles. The molecule has 0 aliphatic carbocycles. The molecule has 0 rings (SSSR count). The molecule has 0 atom stereocenters. The standard InChI is InChI=1S/C3H6O3.C3H6O2/c1-6-3(5)2-4;1-2-3(4)5/h4H,2H2,1H3;2H2,1H3,(H,4,5). The summed E-state index contributed by atoms with van der Waals surface area (Å²) in [4.78, 5) is 19.1. The van der Waals surface area contributed by atoms with E-state index in [-0.39, 0.29) is 6.42 Å². The molecule has 5 heteroatoms. The van der Waals surface area contributed by atoms with E-state index in [2.05, 4.69) is 4.74 Å². The van der Waals surface area contributed by atoms with E-state index in [1.165, 1.54) is 7.11 Å². The fraction of sp³-hybridized carbons (Fsp3) is 0.667. The van der Waals surface area contributed by atoms with E-state index >= 15 is 0 Å². The van der Waals surface area contributed by atoms with Crippen LogP contribution in [0.3, 0.4) is 0 Å². The van der Waals surface area contributed by atoms with Crippen LogP contribution in [0, 0.1) is 0 Å². The molecule has 0 aromatic rings. The van der Waals surface area contributed by atoms with Gasteiger partial charge < -0.3 is 14.9 Å². The Labute approximate surface area is 64.6 Å². The number of methoxy groups -OCH3 is 1. The molecule has 0 amide bonds. The van der Waals surface area contributed by atoms with E-state index in [0.717, 1.165) is 0 Å². The number of carboxylic acids is 1. The highest BCUT2D eigenvalue weighted by molar-refractivity contribution is 5.70. The Balaban J connectivity index is 0. The molecule has 0 unspecified atom stereocenters. The van der Waals surface area contributed by atoms with Crippen LogP contribution >= 0.6 is 0 Å². The second-order valence-electron chi connectivity index (χ2n) is 1.48. The van der Waals surface area contributed by atoms with Crippen molar-refractivity contribution in [3.63, 3.8) is 0 Å². The smallest absolute Gasteiger partial charge is 0.331 e. The van der Waals surface area contributed by atoms with Gasteiger partial charge in [-0.05, 0) is 0 Å². The Morgan fingerprint density at radius 1 is 1.45 bits per heavy atom. The molecular formula is C6H12O5. The number of carbonyl (C=O) groups excluding carboxylic acids is 1. The predicted octanol–water partition coefficient (Wildman–Crippen LogP) is -0.367. The monoisotopic (exact) mass is 164 g/mol. The normalized spacial score (nSPS) is 7.55. The van der Waals surface area contributed by atoms with Crippen molar-refractivity contribution >= 4 is 11.9 Å². The quantitative estimate of drug-likeness (QED) is 0.544. The van der Waals surface area contributed by atoms with Crippen molar-refractivity contribution in [1.82, 2.24) is 0 Å². The molecule has 0 aromatic heterocycles. The van der Waals surface area contributed by atoms with Crippen LogP contribution in [0.25, 0.3) is 0 Å². The lowest BCUT2D eigenvalue weighted by Crippen LogP contribution is -2.04. The second-order valence-corrected chi connectivity index (χ2v) is 1.48. The van der Waals surface area contributed by atoms with Gasteiger partial charge in [-0.15, -0.1) is 0 Å². The van der Waals surface area contributed by atoms with Gasteiger partial charge in [0.15, 0.2) is 0 Å². The van der Waals surface area contributed by atoms with Crippen LogP contribution in [0.5, 0.6) is 0 Å². The summed E-state index contributed by atoms with van der Waals surface area (Å²) in [6.45, 7) is 1.07. The third-order valence-corrected chi connectivity index (χ3v) is 0.659. The number of hydrogen-bond acceptors (Lipinski definition) is 4. The maximum Gasteiger partial charge on any atom is 0.331 e. The van der Waals surface area contributed by atoms with E-state index in [4.69, 9.17) is 10.2 Å². The van der Waals surface area contributed by atoms with Gasteiger partial charge in [0.2, 0.25) is 0 Å². The lowest BCUT2D eigenvalue weighted by Gasteiger charge is -1.86. The second kappa shape index (κ2) is 8.90. The van der Waals surface area contributed by atoms with Crippen molar-refractivity contribution in [3.8, 4) is 0 Å². The zero-order valence-corrected chi connectivity index (χ0v) is 6.53. The summed E-state index contributed by atoms with van der Waals surface area (Å²) in [6.07, 6.45) is 0.222. The predicted molar refractivity (Wildman–Crippen MR) is 37.0 cm³/mol. The van der Waals surface area contributed by atoms with Crippen molar-refractivity contribution in [2.24, 2.45) is 0 Å². The highest BCUT2D eigenvalue weighted by atomic mass is 16.5. The first kappa shape index (κ1) is 12.6. The Bertz CT molecular complexity index is 114. The minimum atomic E-state index is -0.745. The van der Waals surface area contributed by atoms with E-state index in [9.17, 15) is 9.59 Å². The summed E-state index contributed by atoms with van der Waals surface area (Å²) in [5.74, 6) is -1.35. The van der Waals surface area contributed by atoms with Crippen LogP contribution in [-0.2, 0) is 14.3 Å². The summed E-state index contributed by atoms with van der Waals surface area (Å²) in [5, 5.41) is 15.6. The van der Waals surface area contributed by atoms with Gasteiger partial charge >= 0.3 is 11.9 Å². The molecule has 2 N–H and O–H groups in total. The Kier molecular flexibility index (Phi) is 10.2. The molecule has 0 spiro atoms. The van der Waals surface area contributed by atoms with Crippen molar-refractivity contribution in [1.29, 1.82) is 0 Å². The lowest BCUT2D eigenvalue weighted by atomic mass is 10.5. The molecule has 0 radical (unpaired) electrons. The number of rotatable bonds is 2. The van der Waals surface area contributed by atoms with Gasteiger partial charge in [-0.1, -0.05) is 6.92 Å². The molecule has 0 fully saturated rings. The molecule has 0 aliphatic heterocycles. The van der Waals surface area contributed by atoms with Crippen molar-refractivity contribution < 1.29 is 24.5 Å². The zero-order valence-electron chi connectivity index (χ0n) is 6.53. The number of aliphatic hydroxyl groups is 1. The third kappa shape index (κ3) is 17.6. The summed E-state index contributed by atoms with van der Waals surface area (Å²) in [5.41, 5.74) is 0. The Morgan fingerprint density at radius 3 is 1.82 bits per heavy atom. The molecule has 0 aliphatic rings. The van der Waals surface area contributed by atoms with Gasteiger partial charge in [0.1, 0.15) is 6.61 Å². The highest BCUT2D eigenvalue weighted by Gasteiger charge is 1.89. The van der Waals surface area contributed by atoms with Gasteiger partial charge in [-0.3, -0.25) is 4.79 Å². The summed E-state index contributed by atoms with van der Waals surface area (Å²) in [6, 6.07) is 0. The summed E-state index contributed by atoms with van der Waals surface area (Å²) < 4.78 is 4.01. The zero-order chi connectivity index (χ0) is 9.28. The molecule has 5 nitrogen and oxygen atoms in total. The molecule has 0 saturated carbocycles. The molecular weight excluding hydrogens is 152 g/mol. The fourth-order valence-electron chi connectivity index (χ4n) is 0.0645. The fourth-order valence-corrected chi connectivity index (χ4v) is 0.0645. The topological polar surface area (TPSA) is 83.8 Å². The summed E-state index contributed by atoms with van der Waals surface area (Å²) in [7, 11) is 1.22. The molecule has 0 saturated heterocycles. The Hall–Kier alpha value is -1.10. The minimum Gasteiger partial charge on any atom is -0.481 e. The SMILES string of the molecule is CCC(=O)O.COC(=O)CO. The first-order chi connectivity index (χ1) is 5.08. The van der Waals surface area contributed by atoms with E-state index in [0.29, 0.717) is 0 Å². The van der Waals surface area contributed by atoms with Crippen LogP contribution in [0.1, 0.15) is 13.3 Å². The van der Waals surface area contributed by atoms with Crippen LogP contribution in [-0.4, -0.2) is 35.9 Å². The van der Waals surface area contributed by atoms with Crippen molar-refractivity contribution in [2.45, 2.75) is 13.3 Å². The van der Waals surface area contributed by atoms with Gasteiger partial charge in [0, 0.05) is 6.42 Å². The van der Waals surface area contributed by atoms with Crippen molar-refractivity contribution in [2.75, 3.05) is 13.7 Å². The maximum atomic E-state index is 9.71. The van der Waals surface area contributed by atoms with Gasteiger partial charge in [0.05, 0.1) is 7.11 Å². The van der Waals surface area contributed by atoms with Crippen LogP contribution < -0.4 is 0 Å². The van der Waals surface area contributed by atoms with Gasteiger partial charge in [0.25, 0.3) is 0 Å². The average Bonchev–Trinajstić information content (AvgIpc) is 2.04. The number of esters is 1. The van der Waals surface area contributed by atoms with Crippen molar-refractivity contribution in [3.05, 3.63) is 0 Å². The molecule has 0 bridgehead atoms. The highest BCUT2D eigenvalue weighted by Crippen LogP contribution is 1.67. The number of carbonyl (C=O) groups is 2. The molecule has 11 heavy (non-hydrogen) atoms. The number of hydrogen-bond donors (Lipinski definition) is 2. The Morgan fingerprint density at radius 2 is 1.82 bits per heavy atom. The number of ether oxygens (including phenoxy) is 1. The van der Waals surface area contributed by atoms with E-state index < -0.39 is 18.5 Å². The minimum absolute atomic E-state index is 0.222. The maximum absolute atomic E-state index is 9.71. The molecule has 66 valence electrons. The molecule has 0 aromatic carbocycles. The summed E-state index contributed by atoms with van der Waals surface area (Å²) >= 11 is 0. The van der Waals surface area contributed by atoms with E-state index in [1.807, 2.05) is 0 Å². The van der Waals surface area contributed by atoms with Gasteiger partial charge in [-0.25, -0.2) is 4.79 Å². The first-order valence-electron chi connectivity index (χ1n) is 2.97. The largest absolute Gasteiger partial charge is 0.481 e. The average molecular weight is 164 g/mol. The van der Waals surface area contributed by atoms with Crippen LogP contribution in [0.4, 0.5) is 0 Å². The lowest BCUT2D eigenvalue weighted by molar-refractivity contribution is -0.143. The van der Waals surface area contributed by atoms with Gasteiger partial charge in [-0.2, -0.15) is 0 Å². The van der Waals surface area contributed by atoms with Crippen LogP contribution in [0.15, 0.2) is 0 Å².